The molecule has 0 bridgehead atoms. The molecule has 2 heterocycles. The number of hydrogen-bond donors (Lipinski definition) is 2. The van der Waals surface area contributed by atoms with Gasteiger partial charge in [-0.05, 0) is 30.4 Å². The first-order valence-corrected chi connectivity index (χ1v) is 13.4. The molecule has 0 atom stereocenters. The number of ether oxygens (including phenoxy) is 1. The molecule has 2 N–H and O–H groups in total. The molecule has 1 fully saturated rings. The van der Waals surface area contributed by atoms with Crippen LogP contribution in [0.4, 0.5) is 5.82 Å². The van der Waals surface area contributed by atoms with Gasteiger partial charge in [0.2, 0.25) is 15.9 Å². The van der Waals surface area contributed by atoms with E-state index < -0.39 is 27.8 Å². The largest absolute Gasteiger partial charge is 0.478 e. The van der Waals surface area contributed by atoms with Gasteiger partial charge in [0.1, 0.15) is 11.9 Å². The lowest BCUT2D eigenvalue weighted by Crippen LogP contribution is -2.43. The van der Waals surface area contributed by atoms with E-state index in [9.17, 15) is 28.4 Å². The van der Waals surface area contributed by atoms with Crippen molar-refractivity contribution in [2.24, 2.45) is 5.92 Å². The highest BCUT2D eigenvalue weighted by Crippen LogP contribution is 2.31. The number of aromatic nitrogens is 1. The quantitative estimate of drug-likeness (QED) is 0.487. The summed E-state index contributed by atoms with van der Waals surface area (Å²) in [5.74, 6) is -2.08. The summed E-state index contributed by atoms with van der Waals surface area (Å²) in [5, 5.41) is 19.6. The van der Waals surface area contributed by atoms with Crippen molar-refractivity contribution < 1.29 is 27.9 Å². The van der Waals surface area contributed by atoms with Gasteiger partial charge in [0.15, 0.2) is 0 Å². The van der Waals surface area contributed by atoms with Crippen molar-refractivity contribution >= 4 is 27.7 Å². The van der Waals surface area contributed by atoms with Gasteiger partial charge in [-0.15, -0.1) is 0 Å². The molecule has 1 aliphatic heterocycles. The van der Waals surface area contributed by atoms with E-state index in [1.165, 1.54) is 7.11 Å². The van der Waals surface area contributed by atoms with Gasteiger partial charge in [0, 0.05) is 32.5 Å². The number of methoxy groups -OCH3 is 1. The van der Waals surface area contributed by atoms with E-state index >= 15 is 0 Å². The number of nitrogens with one attached hydrogen (secondary N) is 1. The maximum absolute atomic E-state index is 12.7. The Morgan fingerprint density at radius 3 is 2.47 bits per heavy atom. The summed E-state index contributed by atoms with van der Waals surface area (Å²) in [4.78, 5) is 31.1. The van der Waals surface area contributed by atoms with E-state index in [-0.39, 0.29) is 29.9 Å². The monoisotopic (exact) mass is 514 g/mol. The van der Waals surface area contributed by atoms with Crippen molar-refractivity contribution in [2.45, 2.75) is 38.4 Å². The van der Waals surface area contributed by atoms with Crippen LogP contribution < -0.4 is 9.62 Å². The van der Waals surface area contributed by atoms with Crippen LogP contribution >= 0.6 is 0 Å². The van der Waals surface area contributed by atoms with Crippen molar-refractivity contribution in [3.8, 4) is 6.07 Å². The number of benzene rings is 1. The molecule has 0 aliphatic carbocycles. The maximum Gasteiger partial charge on any atom is 0.337 e. The second-order valence-corrected chi connectivity index (χ2v) is 10.3. The zero-order valence-corrected chi connectivity index (χ0v) is 21.2. The number of aromatic carboxylic acids is 1. The van der Waals surface area contributed by atoms with Crippen LogP contribution in [0.15, 0.2) is 30.3 Å². The second-order valence-electron chi connectivity index (χ2n) is 8.60. The van der Waals surface area contributed by atoms with E-state index in [2.05, 4.69) is 15.8 Å². The molecule has 0 spiro atoms. The summed E-state index contributed by atoms with van der Waals surface area (Å²) < 4.78 is 32.2. The Hall–Kier alpha value is -3.49. The van der Waals surface area contributed by atoms with Crippen molar-refractivity contribution in [1.29, 1.82) is 5.26 Å². The number of carbonyl (C=O) groups is 2. The van der Waals surface area contributed by atoms with E-state index in [0.717, 1.165) is 0 Å². The Bertz CT molecular complexity index is 1250. The molecular weight excluding hydrogens is 484 g/mol. The summed E-state index contributed by atoms with van der Waals surface area (Å²) in [6.07, 6.45) is 1.36. The van der Waals surface area contributed by atoms with Crippen molar-refractivity contribution in [3.05, 3.63) is 58.3 Å². The van der Waals surface area contributed by atoms with Gasteiger partial charge in [0.25, 0.3) is 0 Å². The van der Waals surface area contributed by atoms with E-state index in [1.807, 2.05) is 4.90 Å². The van der Waals surface area contributed by atoms with E-state index in [1.54, 1.807) is 37.3 Å². The fraction of sp³-hybridized carbons (Fsp3) is 0.440. The molecule has 1 amide bonds. The molecule has 0 saturated carbocycles. The highest BCUT2D eigenvalue weighted by Gasteiger charge is 2.31. The predicted octanol–water partition coefficient (Wildman–Crippen LogP) is 2.27. The third-order valence-corrected chi connectivity index (χ3v) is 7.43. The predicted molar refractivity (Wildman–Crippen MR) is 133 cm³/mol. The number of rotatable bonds is 10. The average Bonchev–Trinajstić information content (AvgIpc) is 2.86. The van der Waals surface area contributed by atoms with Gasteiger partial charge < -0.3 is 14.7 Å². The lowest BCUT2D eigenvalue weighted by Gasteiger charge is -2.33. The molecule has 3 rings (SSSR count). The minimum Gasteiger partial charge on any atom is -0.478 e. The maximum atomic E-state index is 12.7. The first-order chi connectivity index (χ1) is 17.2. The molecule has 2 aromatic rings. The molecule has 1 saturated heterocycles. The summed E-state index contributed by atoms with van der Waals surface area (Å²) >= 11 is 0. The van der Waals surface area contributed by atoms with Crippen molar-refractivity contribution in [1.82, 2.24) is 9.71 Å². The Balaban J connectivity index is 1.76. The number of carboxylic acid groups (broad SMARTS) is 1. The van der Waals surface area contributed by atoms with Gasteiger partial charge in [-0.2, -0.15) is 5.26 Å². The minimum atomic E-state index is -3.83. The number of sulfonamides is 1. The van der Waals surface area contributed by atoms with Crippen LogP contribution in [0, 0.1) is 17.2 Å². The number of nitriles is 1. The van der Waals surface area contributed by atoms with Crippen LogP contribution in [0.1, 0.15) is 52.5 Å². The van der Waals surface area contributed by atoms with Crippen LogP contribution in [0.5, 0.6) is 0 Å². The van der Waals surface area contributed by atoms with Gasteiger partial charge in [-0.3, -0.25) is 9.52 Å². The fourth-order valence-electron chi connectivity index (χ4n) is 4.43. The first kappa shape index (κ1) is 27.1. The van der Waals surface area contributed by atoms with Crippen LogP contribution in [-0.2, 0) is 38.1 Å². The zero-order valence-electron chi connectivity index (χ0n) is 20.4. The van der Waals surface area contributed by atoms with E-state index in [0.29, 0.717) is 55.0 Å². The molecule has 10 nitrogen and oxygen atoms in total. The Kier molecular flexibility index (Phi) is 9.01. The lowest BCUT2D eigenvalue weighted by atomic mass is 9.94. The fourth-order valence-corrected chi connectivity index (χ4v) is 5.60. The van der Waals surface area contributed by atoms with Crippen LogP contribution in [0.25, 0.3) is 0 Å². The number of carboxylic acids is 1. The molecule has 1 aliphatic rings. The molecule has 0 unspecified atom stereocenters. The van der Waals surface area contributed by atoms with Crippen LogP contribution in [0.2, 0.25) is 0 Å². The van der Waals surface area contributed by atoms with Crippen molar-refractivity contribution in [3.63, 3.8) is 0 Å². The van der Waals surface area contributed by atoms with Gasteiger partial charge >= 0.3 is 5.97 Å². The second kappa shape index (κ2) is 12.0. The number of pyridine rings is 1. The Morgan fingerprint density at radius 2 is 1.92 bits per heavy atom. The first-order valence-electron chi connectivity index (χ1n) is 11.7. The molecule has 1 aromatic carbocycles. The minimum absolute atomic E-state index is 0.0349. The molecule has 11 heteroatoms. The summed E-state index contributed by atoms with van der Waals surface area (Å²) in [7, 11) is -2.32. The number of anilines is 1. The van der Waals surface area contributed by atoms with Gasteiger partial charge in [-0.1, -0.05) is 37.3 Å². The normalized spacial score (nSPS) is 14.3. The molecule has 36 heavy (non-hydrogen) atoms. The third kappa shape index (κ3) is 6.38. The van der Waals surface area contributed by atoms with E-state index in [4.69, 9.17) is 4.74 Å². The lowest BCUT2D eigenvalue weighted by molar-refractivity contribution is -0.123. The van der Waals surface area contributed by atoms with Crippen LogP contribution in [0.3, 0.4) is 0 Å². The molecule has 192 valence electrons. The summed E-state index contributed by atoms with van der Waals surface area (Å²) in [6, 6.07) is 10.7. The molecule has 0 radical (unpaired) electrons. The van der Waals surface area contributed by atoms with Crippen molar-refractivity contribution in [2.75, 3.05) is 31.7 Å². The number of piperidine rings is 1. The highest BCUT2D eigenvalue weighted by molar-refractivity contribution is 7.89. The molecule has 1 aromatic heterocycles. The van der Waals surface area contributed by atoms with Crippen LogP contribution in [-0.4, -0.2) is 57.2 Å². The summed E-state index contributed by atoms with van der Waals surface area (Å²) in [5.41, 5.74) is 1.61. The zero-order chi connectivity index (χ0) is 26.3. The number of hydrogen-bond acceptors (Lipinski definition) is 8. The Labute approximate surface area is 211 Å². The molecular formula is C25H30N4O6S. The smallest absolute Gasteiger partial charge is 0.337 e. The Morgan fingerprint density at radius 1 is 1.25 bits per heavy atom. The third-order valence-electron chi connectivity index (χ3n) is 6.20. The SMILES string of the molecule is CCc1c(C#N)c(N2CCC(C(=O)NS(=O)(=O)Cc3ccccc3)CC2)nc(CCOC)c1C(=O)O. The number of amides is 1. The topological polar surface area (TPSA) is 150 Å². The van der Waals surface area contributed by atoms with Gasteiger partial charge in [0.05, 0.1) is 29.2 Å². The summed E-state index contributed by atoms with van der Waals surface area (Å²) in [6.45, 7) is 2.82. The standard InChI is InChI=1S/C25H30N4O6S/c1-3-19-20(15-26)23(27-21(11-14-35-2)22(19)25(31)32)29-12-9-18(10-13-29)24(30)28-36(33,34)16-17-7-5-4-6-8-17/h4-8,18H,3,9-14,16H2,1-2H3,(H,28,30)(H,31,32). The highest BCUT2D eigenvalue weighted by atomic mass is 32.2. The number of carbonyl (C=O) groups excluding carboxylic acids is 1. The number of nitrogens with zero attached hydrogens (tertiary/aromatic N) is 3. The average molecular weight is 515 g/mol. The van der Waals surface area contributed by atoms with Gasteiger partial charge in [-0.25, -0.2) is 18.2 Å².